The van der Waals surface area contributed by atoms with Crippen LogP contribution in [0, 0.1) is 12.3 Å². The molecule has 1 amide bonds. The molecule has 0 aliphatic heterocycles. The van der Waals surface area contributed by atoms with Crippen LogP contribution in [0.3, 0.4) is 0 Å². The van der Waals surface area contributed by atoms with E-state index in [4.69, 9.17) is 10.8 Å². The highest BCUT2D eigenvalue weighted by Gasteiger charge is 2.21. The molecule has 1 heterocycles. The Morgan fingerprint density at radius 3 is 2.66 bits per heavy atom. The van der Waals surface area contributed by atoms with Gasteiger partial charge in [0.1, 0.15) is 5.52 Å². The van der Waals surface area contributed by atoms with Gasteiger partial charge in [0.2, 0.25) is 15.9 Å². The lowest BCUT2D eigenvalue weighted by molar-refractivity contribution is 0.102. The normalized spacial score (nSPS) is 11.9. The van der Waals surface area contributed by atoms with Crippen molar-refractivity contribution in [1.82, 2.24) is 9.71 Å². The molecule has 0 bridgehead atoms. The van der Waals surface area contributed by atoms with Crippen molar-refractivity contribution in [2.75, 3.05) is 11.9 Å². The van der Waals surface area contributed by atoms with E-state index in [1.807, 2.05) is 20.8 Å². The molecule has 0 saturated heterocycles. The quantitative estimate of drug-likeness (QED) is 0.628. The molecule has 1 aromatic heterocycles. The number of amides is 1. The Bertz CT molecular complexity index is 1210. The van der Waals surface area contributed by atoms with Gasteiger partial charge in [0.15, 0.2) is 5.58 Å². The second kappa shape index (κ2) is 7.70. The molecule has 3 aromatic rings. The molecule has 0 fully saturated rings. The summed E-state index contributed by atoms with van der Waals surface area (Å²) >= 11 is 0. The number of fused-ring (bicyclic) bond motifs is 1. The Balaban J connectivity index is 1.83. The average molecular weight is 411 g/mol. The number of aromatic nitrogens is 1. The Kier molecular flexibility index (Phi) is 5.46. The molecule has 7 nitrogen and oxygen atoms in total. The van der Waals surface area contributed by atoms with Crippen molar-refractivity contribution >= 4 is 32.7 Å². The number of carbonyl (C=O) groups excluding carboxylic acids is 1. The van der Waals surface area contributed by atoms with Gasteiger partial charge in [-0.05, 0) is 36.4 Å². The number of hydrogen-bond acceptors (Lipinski definition) is 5. The lowest BCUT2D eigenvalue weighted by atomic mass is 9.97. The monoisotopic (exact) mass is 411 g/mol. The van der Waals surface area contributed by atoms with Gasteiger partial charge in [0, 0.05) is 16.7 Å². The van der Waals surface area contributed by atoms with Crippen molar-refractivity contribution in [3.63, 3.8) is 0 Å². The molecular weight excluding hydrogens is 390 g/mol. The number of rotatable bonds is 5. The van der Waals surface area contributed by atoms with Crippen LogP contribution >= 0.6 is 0 Å². The highest BCUT2D eigenvalue weighted by atomic mass is 32.2. The van der Waals surface area contributed by atoms with Crippen LogP contribution in [0.5, 0.6) is 0 Å². The molecule has 3 rings (SSSR count). The maximum Gasteiger partial charge on any atom is 0.255 e. The average Bonchev–Trinajstić information content (AvgIpc) is 3.10. The van der Waals surface area contributed by atoms with Gasteiger partial charge in [-0.2, -0.15) is 4.72 Å². The molecule has 150 valence electrons. The summed E-state index contributed by atoms with van der Waals surface area (Å²) in [6, 6.07) is 10.9. The standard InChI is InChI=1S/C21H21N3O4S/c1-5-11-22-29(26,27)16-8-6-7-14(12-16)19(25)23-15-9-10-18-17(13-15)24-20(28-18)21(2,3)4/h1,6-10,12-13,22H,11H2,2-4H3,(H,23,25). The van der Waals surface area contributed by atoms with Gasteiger partial charge in [0.05, 0.1) is 11.4 Å². The van der Waals surface area contributed by atoms with Crippen LogP contribution in [0.1, 0.15) is 37.0 Å². The van der Waals surface area contributed by atoms with E-state index in [1.54, 1.807) is 18.2 Å². The fourth-order valence-electron chi connectivity index (χ4n) is 2.55. The smallest absolute Gasteiger partial charge is 0.255 e. The van der Waals surface area contributed by atoms with E-state index in [0.29, 0.717) is 22.7 Å². The number of hydrogen-bond donors (Lipinski definition) is 2. The molecule has 0 aliphatic carbocycles. The highest BCUT2D eigenvalue weighted by Crippen LogP contribution is 2.27. The molecule has 2 N–H and O–H groups in total. The van der Waals surface area contributed by atoms with E-state index in [1.165, 1.54) is 24.3 Å². The third-order valence-electron chi connectivity index (χ3n) is 4.06. The van der Waals surface area contributed by atoms with Crippen LogP contribution in [0.25, 0.3) is 11.1 Å². The van der Waals surface area contributed by atoms with E-state index < -0.39 is 15.9 Å². The van der Waals surface area contributed by atoms with Crippen molar-refractivity contribution in [3.05, 3.63) is 53.9 Å². The number of anilines is 1. The second-order valence-corrected chi connectivity index (χ2v) is 9.23. The van der Waals surface area contributed by atoms with E-state index in [2.05, 4.69) is 20.9 Å². The molecule has 0 saturated carbocycles. The topological polar surface area (TPSA) is 101 Å². The van der Waals surface area contributed by atoms with Gasteiger partial charge in [-0.25, -0.2) is 13.4 Å². The minimum atomic E-state index is -3.79. The van der Waals surface area contributed by atoms with Crippen molar-refractivity contribution < 1.29 is 17.6 Å². The number of sulfonamides is 1. The third kappa shape index (κ3) is 4.65. The molecule has 0 unspecified atom stereocenters. The maximum atomic E-state index is 12.6. The Morgan fingerprint density at radius 1 is 1.21 bits per heavy atom. The zero-order valence-electron chi connectivity index (χ0n) is 16.3. The highest BCUT2D eigenvalue weighted by molar-refractivity contribution is 7.89. The zero-order valence-corrected chi connectivity index (χ0v) is 17.1. The summed E-state index contributed by atoms with van der Waals surface area (Å²) in [4.78, 5) is 17.0. The first-order valence-electron chi connectivity index (χ1n) is 8.86. The molecule has 2 aromatic carbocycles. The van der Waals surface area contributed by atoms with Crippen LogP contribution in [0.4, 0.5) is 5.69 Å². The number of nitrogens with one attached hydrogen (secondary N) is 2. The van der Waals surface area contributed by atoms with Gasteiger partial charge in [-0.15, -0.1) is 6.42 Å². The van der Waals surface area contributed by atoms with Gasteiger partial charge < -0.3 is 9.73 Å². The Labute approximate surface area is 169 Å². The van der Waals surface area contributed by atoms with Crippen LogP contribution < -0.4 is 10.0 Å². The molecule has 0 spiro atoms. The van der Waals surface area contributed by atoms with Crippen molar-refractivity contribution in [2.24, 2.45) is 0 Å². The third-order valence-corrected chi connectivity index (χ3v) is 5.46. The van der Waals surface area contributed by atoms with Crippen molar-refractivity contribution in [1.29, 1.82) is 0 Å². The first-order chi connectivity index (χ1) is 13.6. The van der Waals surface area contributed by atoms with Gasteiger partial charge >= 0.3 is 0 Å². The number of terminal acetylenes is 1. The Morgan fingerprint density at radius 2 is 1.97 bits per heavy atom. The Hall–Kier alpha value is -3.15. The van der Waals surface area contributed by atoms with E-state index in [-0.39, 0.29) is 22.4 Å². The molecular formula is C21H21N3O4S. The summed E-state index contributed by atoms with van der Waals surface area (Å²) in [7, 11) is -3.79. The van der Waals surface area contributed by atoms with Gasteiger partial charge in [-0.1, -0.05) is 32.8 Å². The molecule has 8 heteroatoms. The maximum absolute atomic E-state index is 12.6. The first kappa shape index (κ1) is 20.6. The number of oxazole rings is 1. The lowest BCUT2D eigenvalue weighted by Gasteiger charge is -2.11. The van der Waals surface area contributed by atoms with E-state index >= 15 is 0 Å². The van der Waals surface area contributed by atoms with Gasteiger partial charge in [-0.3, -0.25) is 4.79 Å². The molecule has 0 atom stereocenters. The van der Waals surface area contributed by atoms with Crippen LogP contribution in [-0.4, -0.2) is 25.9 Å². The van der Waals surface area contributed by atoms with E-state index in [0.717, 1.165) is 0 Å². The number of benzene rings is 2. The fourth-order valence-corrected chi connectivity index (χ4v) is 3.53. The fraction of sp³-hybridized carbons (Fsp3) is 0.238. The second-order valence-electron chi connectivity index (χ2n) is 7.46. The van der Waals surface area contributed by atoms with Crippen molar-refractivity contribution in [3.8, 4) is 12.3 Å². The SMILES string of the molecule is C#CCNS(=O)(=O)c1cccc(C(=O)Nc2ccc3oc(C(C)(C)C)nc3c2)c1. The van der Waals surface area contributed by atoms with E-state index in [9.17, 15) is 13.2 Å². The summed E-state index contributed by atoms with van der Waals surface area (Å²) in [5.41, 5.74) is 1.74. The van der Waals surface area contributed by atoms with Gasteiger partial charge in [0.25, 0.3) is 5.91 Å². The predicted molar refractivity (Wildman–Crippen MR) is 111 cm³/mol. The van der Waals surface area contributed by atoms with Crippen molar-refractivity contribution in [2.45, 2.75) is 31.1 Å². The van der Waals surface area contributed by atoms with Crippen LogP contribution in [0.15, 0.2) is 51.8 Å². The van der Waals surface area contributed by atoms with Crippen LogP contribution in [0.2, 0.25) is 0 Å². The minimum Gasteiger partial charge on any atom is -0.440 e. The molecule has 29 heavy (non-hydrogen) atoms. The minimum absolute atomic E-state index is 0.0397. The summed E-state index contributed by atoms with van der Waals surface area (Å²) in [5.74, 6) is 2.36. The summed E-state index contributed by atoms with van der Waals surface area (Å²) in [6.07, 6.45) is 5.09. The largest absolute Gasteiger partial charge is 0.440 e. The summed E-state index contributed by atoms with van der Waals surface area (Å²) in [5, 5.41) is 2.75. The number of nitrogens with zero attached hydrogens (tertiary/aromatic N) is 1. The molecule has 0 aliphatic rings. The zero-order chi connectivity index (χ0) is 21.2. The predicted octanol–water partition coefficient (Wildman–Crippen LogP) is 3.29. The summed E-state index contributed by atoms with van der Waals surface area (Å²) < 4.78 is 32.4. The summed E-state index contributed by atoms with van der Waals surface area (Å²) in [6.45, 7) is 5.87. The van der Waals surface area contributed by atoms with Crippen LogP contribution in [-0.2, 0) is 15.4 Å². The molecule has 0 radical (unpaired) electrons. The first-order valence-corrected chi connectivity index (χ1v) is 10.3. The number of carbonyl (C=O) groups is 1. The lowest BCUT2D eigenvalue weighted by Crippen LogP contribution is -2.24.